The Morgan fingerprint density at radius 2 is 1.96 bits per heavy atom. The SMILES string of the molecule is Cc1[nH]c2ccccc2c1CC(=O)NNC(=S)NC1CCCCC1. The second-order valence-electron chi connectivity index (χ2n) is 6.43. The van der Waals surface area contributed by atoms with Crippen LogP contribution in [0.3, 0.4) is 0 Å². The molecule has 1 aliphatic carbocycles. The van der Waals surface area contributed by atoms with Crippen LogP contribution in [0.1, 0.15) is 43.4 Å². The number of hydrogen-bond acceptors (Lipinski definition) is 2. The molecule has 1 aliphatic rings. The quantitative estimate of drug-likeness (QED) is 0.510. The van der Waals surface area contributed by atoms with Crippen molar-refractivity contribution in [3.05, 3.63) is 35.5 Å². The lowest BCUT2D eigenvalue weighted by atomic mass is 9.96. The van der Waals surface area contributed by atoms with Crippen LogP contribution < -0.4 is 16.2 Å². The number of carbonyl (C=O) groups excluding carboxylic acids is 1. The summed E-state index contributed by atoms with van der Waals surface area (Å²) in [5.41, 5.74) is 8.62. The first-order chi connectivity index (χ1) is 11.6. The third kappa shape index (κ3) is 4.06. The third-order valence-electron chi connectivity index (χ3n) is 4.62. The van der Waals surface area contributed by atoms with Gasteiger partial charge in [0.15, 0.2) is 5.11 Å². The third-order valence-corrected chi connectivity index (χ3v) is 4.84. The highest BCUT2D eigenvalue weighted by atomic mass is 32.1. The molecule has 1 heterocycles. The minimum absolute atomic E-state index is 0.101. The highest BCUT2D eigenvalue weighted by molar-refractivity contribution is 7.80. The van der Waals surface area contributed by atoms with Gasteiger partial charge in [0.1, 0.15) is 0 Å². The molecule has 1 aromatic heterocycles. The monoisotopic (exact) mass is 344 g/mol. The maximum atomic E-state index is 12.2. The van der Waals surface area contributed by atoms with Gasteiger partial charge in [0.25, 0.3) is 0 Å². The molecule has 3 rings (SSSR count). The zero-order chi connectivity index (χ0) is 16.9. The Labute approximate surface area is 147 Å². The average molecular weight is 344 g/mol. The first-order valence-electron chi connectivity index (χ1n) is 8.55. The number of nitrogens with one attached hydrogen (secondary N) is 4. The summed E-state index contributed by atoms with van der Waals surface area (Å²) in [6.07, 6.45) is 6.39. The van der Waals surface area contributed by atoms with Crippen molar-refractivity contribution in [2.45, 2.75) is 51.5 Å². The molecule has 1 amide bonds. The molecule has 1 fully saturated rings. The number of amides is 1. The molecule has 24 heavy (non-hydrogen) atoms. The van der Waals surface area contributed by atoms with E-state index in [0.29, 0.717) is 17.6 Å². The van der Waals surface area contributed by atoms with Gasteiger partial charge in [-0.3, -0.25) is 15.6 Å². The number of benzene rings is 1. The van der Waals surface area contributed by atoms with Crippen molar-refractivity contribution >= 4 is 34.1 Å². The summed E-state index contributed by atoms with van der Waals surface area (Å²) in [4.78, 5) is 15.5. The molecule has 1 aromatic carbocycles. The average Bonchev–Trinajstić information content (AvgIpc) is 2.90. The first-order valence-corrected chi connectivity index (χ1v) is 8.96. The summed E-state index contributed by atoms with van der Waals surface area (Å²) in [5.74, 6) is -0.101. The van der Waals surface area contributed by atoms with Gasteiger partial charge in [0, 0.05) is 22.6 Å². The Bertz CT molecular complexity index is 734. The summed E-state index contributed by atoms with van der Waals surface area (Å²) in [7, 11) is 0. The number of carbonyl (C=O) groups is 1. The molecular formula is C18H24N4OS. The number of thiocarbonyl (C=S) groups is 1. The molecule has 0 saturated heterocycles. The molecule has 2 aromatic rings. The highest BCUT2D eigenvalue weighted by Gasteiger charge is 2.15. The van der Waals surface area contributed by atoms with Crippen molar-refractivity contribution in [1.82, 2.24) is 21.2 Å². The van der Waals surface area contributed by atoms with Crippen LogP contribution in [0.25, 0.3) is 10.9 Å². The highest BCUT2D eigenvalue weighted by Crippen LogP contribution is 2.22. The van der Waals surface area contributed by atoms with Crippen LogP contribution in [0.15, 0.2) is 24.3 Å². The summed E-state index contributed by atoms with van der Waals surface area (Å²) in [6.45, 7) is 1.99. The van der Waals surface area contributed by atoms with Crippen molar-refractivity contribution in [3.63, 3.8) is 0 Å². The predicted molar refractivity (Wildman–Crippen MR) is 101 cm³/mol. The van der Waals surface area contributed by atoms with Crippen LogP contribution in [0, 0.1) is 6.92 Å². The molecule has 1 saturated carbocycles. The van der Waals surface area contributed by atoms with Crippen molar-refractivity contribution in [3.8, 4) is 0 Å². The van der Waals surface area contributed by atoms with Gasteiger partial charge in [-0.2, -0.15) is 0 Å². The fraction of sp³-hybridized carbons (Fsp3) is 0.444. The van der Waals surface area contributed by atoms with E-state index in [-0.39, 0.29) is 5.91 Å². The van der Waals surface area contributed by atoms with Gasteiger partial charge >= 0.3 is 0 Å². The summed E-state index contributed by atoms with van der Waals surface area (Å²) in [6, 6.07) is 8.44. The van der Waals surface area contributed by atoms with E-state index in [1.54, 1.807) is 0 Å². The zero-order valence-corrected chi connectivity index (χ0v) is 14.8. The number of aryl methyl sites for hydroxylation is 1. The van der Waals surface area contributed by atoms with Crippen LogP contribution in [-0.2, 0) is 11.2 Å². The smallest absolute Gasteiger partial charge is 0.242 e. The van der Waals surface area contributed by atoms with Gasteiger partial charge < -0.3 is 10.3 Å². The second kappa shape index (κ2) is 7.66. The minimum Gasteiger partial charge on any atom is -0.359 e. The summed E-state index contributed by atoms with van der Waals surface area (Å²) >= 11 is 5.26. The van der Waals surface area contributed by atoms with Gasteiger partial charge in [-0.05, 0) is 43.6 Å². The first kappa shape index (κ1) is 16.8. The molecule has 0 spiro atoms. The van der Waals surface area contributed by atoms with Gasteiger partial charge in [-0.25, -0.2) is 0 Å². The standard InChI is InChI=1S/C18H24N4OS/c1-12-15(14-9-5-6-10-16(14)19-12)11-17(23)21-22-18(24)20-13-7-3-2-4-8-13/h5-6,9-10,13,19H,2-4,7-8,11H2,1H3,(H,21,23)(H2,20,22,24). The van der Waals surface area contributed by atoms with E-state index in [0.717, 1.165) is 35.0 Å². The van der Waals surface area contributed by atoms with Gasteiger partial charge in [-0.1, -0.05) is 37.5 Å². The maximum absolute atomic E-state index is 12.2. The van der Waals surface area contributed by atoms with Crippen LogP contribution in [-0.4, -0.2) is 22.0 Å². The number of para-hydroxylation sites is 1. The molecule has 0 bridgehead atoms. The Hall–Kier alpha value is -2.08. The Kier molecular flexibility index (Phi) is 5.35. The van der Waals surface area contributed by atoms with Crippen LogP contribution in [0.4, 0.5) is 0 Å². The zero-order valence-electron chi connectivity index (χ0n) is 13.9. The van der Waals surface area contributed by atoms with Gasteiger partial charge in [0.2, 0.25) is 5.91 Å². The maximum Gasteiger partial charge on any atom is 0.242 e. The number of rotatable bonds is 3. The minimum atomic E-state index is -0.101. The van der Waals surface area contributed by atoms with Crippen molar-refractivity contribution in [1.29, 1.82) is 0 Å². The molecule has 128 valence electrons. The summed E-state index contributed by atoms with van der Waals surface area (Å²) in [5, 5.41) is 4.86. The van der Waals surface area contributed by atoms with Gasteiger partial charge in [0.05, 0.1) is 6.42 Å². The molecule has 0 radical (unpaired) electrons. The Morgan fingerprint density at radius 1 is 1.21 bits per heavy atom. The molecule has 0 unspecified atom stereocenters. The van der Waals surface area contributed by atoms with E-state index in [9.17, 15) is 4.79 Å². The second-order valence-corrected chi connectivity index (χ2v) is 6.84. The summed E-state index contributed by atoms with van der Waals surface area (Å²) < 4.78 is 0. The van der Waals surface area contributed by atoms with Gasteiger partial charge in [-0.15, -0.1) is 0 Å². The van der Waals surface area contributed by atoms with Crippen molar-refractivity contribution in [2.75, 3.05) is 0 Å². The number of H-pyrrole nitrogens is 1. The number of aromatic amines is 1. The van der Waals surface area contributed by atoms with Crippen LogP contribution in [0.2, 0.25) is 0 Å². The van der Waals surface area contributed by atoms with Crippen molar-refractivity contribution < 1.29 is 4.79 Å². The lowest BCUT2D eigenvalue weighted by Gasteiger charge is -2.24. The lowest BCUT2D eigenvalue weighted by molar-refractivity contribution is -0.121. The van der Waals surface area contributed by atoms with Crippen LogP contribution in [0.5, 0.6) is 0 Å². The molecule has 4 N–H and O–H groups in total. The number of hydrazine groups is 1. The molecular weight excluding hydrogens is 320 g/mol. The fourth-order valence-corrected chi connectivity index (χ4v) is 3.58. The van der Waals surface area contributed by atoms with E-state index < -0.39 is 0 Å². The number of aromatic nitrogens is 1. The van der Waals surface area contributed by atoms with E-state index >= 15 is 0 Å². The fourth-order valence-electron chi connectivity index (χ4n) is 3.36. The Morgan fingerprint density at radius 3 is 2.75 bits per heavy atom. The number of hydrogen-bond donors (Lipinski definition) is 4. The predicted octanol–water partition coefficient (Wildman–Crippen LogP) is 2.85. The molecule has 6 heteroatoms. The Balaban J connectivity index is 1.51. The molecule has 0 aliphatic heterocycles. The van der Waals surface area contributed by atoms with E-state index in [1.165, 1.54) is 19.3 Å². The van der Waals surface area contributed by atoms with E-state index in [4.69, 9.17) is 12.2 Å². The topological polar surface area (TPSA) is 69.0 Å². The van der Waals surface area contributed by atoms with E-state index in [1.807, 2.05) is 31.2 Å². The molecule has 0 atom stereocenters. The van der Waals surface area contributed by atoms with Crippen LogP contribution >= 0.6 is 12.2 Å². The van der Waals surface area contributed by atoms with Crippen molar-refractivity contribution in [2.24, 2.45) is 0 Å². The largest absolute Gasteiger partial charge is 0.359 e. The number of fused-ring (bicyclic) bond motifs is 1. The lowest BCUT2D eigenvalue weighted by Crippen LogP contribution is -2.50. The molecule has 5 nitrogen and oxygen atoms in total. The normalized spacial score (nSPS) is 15.2. The van der Waals surface area contributed by atoms with E-state index in [2.05, 4.69) is 21.2 Å².